The van der Waals surface area contributed by atoms with Crippen molar-refractivity contribution in [2.75, 3.05) is 37.4 Å². The molecule has 3 unspecified atom stereocenters. The van der Waals surface area contributed by atoms with Gasteiger partial charge in [-0.25, -0.2) is 9.98 Å². The average Bonchev–Trinajstić information content (AvgIpc) is 3.14. The van der Waals surface area contributed by atoms with Crippen LogP contribution in [0.3, 0.4) is 0 Å². The van der Waals surface area contributed by atoms with E-state index in [1.165, 1.54) is 19.3 Å². The molecule has 2 aliphatic rings. The predicted molar refractivity (Wildman–Crippen MR) is 130 cm³/mol. The number of halogens is 1. The summed E-state index contributed by atoms with van der Waals surface area (Å²) in [6, 6.07) is 4.77. The van der Waals surface area contributed by atoms with Crippen LogP contribution in [-0.4, -0.2) is 60.8 Å². The largest absolute Gasteiger partial charge is 0.375 e. The van der Waals surface area contributed by atoms with E-state index >= 15 is 0 Å². The van der Waals surface area contributed by atoms with Crippen molar-refractivity contribution in [2.24, 2.45) is 4.99 Å². The first-order valence-electron chi connectivity index (χ1n) is 10.1. The standard InChI is InChI=1S/C20H33N5OS.HI/c1-4-21-20(24-17-6-7-18(11-17)27-3)23-13-16-5-8-19(22-12-16)25-9-10-26-15(2)14-25;/h5,8,12,15,17-18H,4,6-7,9-11,13-14H2,1-3H3,(H2,21,23,24);1H. The number of aromatic nitrogens is 1. The Bertz CT molecular complexity index is 615. The van der Waals surface area contributed by atoms with Crippen molar-refractivity contribution in [2.45, 2.75) is 57.1 Å². The molecule has 0 aromatic carbocycles. The lowest BCUT2D eigenvalue weighted by Crippen LogP contribution is -2.42. The zero-order valence-corrected chi connectivity index (χ0v) is 20.3. The molecule has 1 saturated carbocycles. The van der Waals surface area contributed by atoms with Gasteiger partial charge in [0.25, 0.3) is 0 Å². The van der Waals surface area contributed by atoms with Gasteiger partial charge in [-0.3, -0.25) is 0 Å². The minimum Gasteiger partial charge on any atom is -0.375 e. The number of pyridine rings is 1. The molecule has 3 atom stereocenters. The van der Waals surface area contributed by atoms with Crippen LogP contribution in [0.2, 0.25) is 0 Å². The zero-order valence-electron chi connectivity index (χ0n) is 17.2. The molecule has 1 saturated heterocycles. The number of nitrogens with one attached hydrogen (secondary N) is 2. The highest BCUT2D eigenvalue weighted by atomic mass is 127. The van der Waals surface area contributed by atoms with Gasteiger partial charge in [-0.15, -0.1) is 24.0 Å². The third-order valence-electron chi connectivity index (χ3n) is 5.20. The van der Waals surface area contributed by atoms with Crippen LogP contribution < -0.4 is 15.5 Å². The second-order valence-corrected chi connectivity index (χ2v) is 8.50. The van der Waals surface area contributed by atoms with Gasteiger partial charge < -0.3 is 20.3 Å². The van der Waals surface area contributed by atoms with E-state index in [1.807, 2.05) is 18.0 Å². The van der Waals surface area contributed by atoms with Crippen molar-refractivity contribution in [1.82, 2.24) is 15.6 Å². The van der Waals surface area contributed by atoms with E-state index in [9.17, 15) is 0 Å². The Balaban J connectivity index is 0.00000280. The van der Waals surface area contributed by atoms with Gasteiger partial charge >= 0.3 is 0 Å². The molecule has 6 nitrogen and oxygen atoms in total. The second kappa shape index (κ2) is 12.1. The minimum absolute atomic E-state index is 0. The van der Waals surface area contributed by atoms with E-state index in [1.54, 1.807) is 0 Å². The van der Waals surface area contributed by atoms with Crippen LogP contribution in [0.15, 0.2) is 23.3 Å². The summed E-state index contributed by atoms with van der Waals surface area (Å²) in [6.07, 6.45) is 8.16. The molecule has 1 aromatic heterocycles. The van der Waals surface area contributed by atoms with Crippen LogP contribution in [0.5, 0.6) is 0 Å². The molecule has 0 spiro atoms. The van der Waals surface area contributed by atoms with Crippen molar-refractivity contribution in [3.8, 4) is 0 Å². The smallest absolute Gasteiger partial charge is 0.191 e. The van der Waals surface area contributed by atoms with E-state index in [4.69, 9.17) is 9.73 Å². The van der Waals surface area contributed by atoms with Crippen molar-refractivity contribution in [3.63, 3.8) is 0 Å². The average molecular weight is 519 g/mol. The number of thioether (sulfide) groups is 1. The van der Waals surface area contributed by atoms with Crippen molar-refractivity contribution in [3.05, 3.63) is 23.9 Å². The summed E-state index contributed by atoms with van der Waals surface area (Å²) in [5.74, 6) is 1.94. The molecule has 28 heavy (non-hydrogen) atoms. The van der Waals surface area contributed by atoms with Gasteiger partial charge in [-0.05, 0) is 51.0 Å². The summed E-state index contributed by atoms with van der Waals surface area (Å²) in [5.41, 5.74) is 1.13. The van der Waals surface area contributed by atoms with E-state index < -0.39 is 0 Å². The van der Waals surface area contributed by atoms with Gasteiger partial charge in [0, 0.05) is 37.1 Å². The van der Waals surface area contributed by atoms with Crippen LogP contribution >= 0.6 is 35.7 Å². The highest BCUT2D eigenvalue weighted by Gasteiger charge is 2.24. The Kier molecular flexibility index (Phi) is 10.1. The second-order valence-electron chi connectivity index (χ2n) is 7.36. The van der Waals surface area contributed by atoms with Crippen LogP contribution in [0.1, 0.15) is 38.7 Å². The first-order valence-corrected chi connectivity index (χ1v) is 11.4. The fourth-order valence-corrected chi connectivity index (χ4v) is 4.49. The molecule has 2 fully saturated rings. The number of nitrogens with zero attached hydrogens (tertiary/aromatic N) is 3. The summed E-state index contributed by atoms with van der Waals surface area (Å²) < 4.78 is 5.61. The minimum atomic E-state index is 0. The first-order chi connectivity index (χ1) is 13.2. The number of anilines is 1. The van der Waals surface area contributed by atoms with E-state index in [-0.39, 0.29) is 30.1 Å². The number of rotatable bonds is 6. The van der Waals surface area contributed by atoms with E-state index in [0.717, 1.165) is 48.8 Å². The van der Waals surface area contributed by atoms with Crippen molar-refractivity contribution in [1.29, 1.82) is 0 Å². The number of guanidine groups is 1. The third-order valence-corrected chi connectivity index (χ3v) is 6.29. The molecule has 1 aliphatic carbocycles. The van der Waals surface area contributed by atoms with Crippen LogP contribution in [0.4, 0.5) is 5.82 Å². The Labute approximate surface area is 190 Å². The molecule has 158 valence electrons. The normalized spacial score (nSPS) is 25.3. The highest BCUT2D eigenvalue weighted by molar-refractivity contribution is 14.0. The van der Waals surface area contributed by atoms with Gasteiger partial charge in [0.15, 0.2) is 5.96 Å². The van der Waals surface area contributed by atoms with E-state index in [2.05, 4.69) is 52.8 Å². The van der Waals surface area contributed by atoms with Crippen LogP contribution in [0, 0.1) is 0 Å². The molecule has 1 aliphatic heterocycles. The third kappa shape index (κ3) is 6.95. The molecule has 2 N–H and O–H groups in total. The summed E-state index contributed by atoms with van der Waals surface area (Å²) in [7, 11) is 0. The molecule has 0 amide bonds. The molecule has 3 rings (SSSR count). The topological polar surface area (TPSA) is 61.8 Å². The maximum atomic E-state index is 5.61. The number of ether oxygens (including phenoxy) is 1. The first kappa shape index (κ1) is 23.5. The van der Waals surface area contributed by atoms with Crippen molar-refractivity contribution < 1.29 is 4.74 Å². The van der Waals surface area contributed by atoms with Gasteiger partial charge in [-0.2, -0.15) is 11.8 Å². The fraction of sp³-hybridized carbons (Fsp3) is 0.700. The summed E-state index contributed by atoms with van der Waals surface area (Å²) in [6.45, 7) is 8.30. The summed E-state index contributed by atoms with van der Waals surface area (Å²) >= 11 is 1.98. The molecule has 1 aromatic rings. The molecule has 2 heterocycles. The Morgan fingerprint density at radius 3 is 2.89 bits per heavy atom. The lowest BCUT2D eigenvalue weighted by atomic mass is 10.2. The SMILES string of the molecule is CCNC(=NCc1ccc(N2CCOC(C)C2)nc1)NC1CCC(SC)C1.I. The van der Waals surface area contributed by atoms with Gasteiger partial charge in [0.05, 0.1) is 19.3 Å². The molecular weight excluding hydrogens is 485 g/mol. The summed E-state index contributed by atoms with van der Waals surface area (Å²) in [5, 5.41) is 7.75. The molecule has 0 radical (unpaired) electrons. The Hall–Kier alpha value is -0.740. The molecule has 0 bridgehead atoms. The molecular formula is C20H34IN5OS. The zero-order chi connectivity index (χ0) is 19.1. The lowest BCUT2D eigenvalue weighted by molar-refractivity contribution is 0.0529. The van der Waals surface area contributed by atoms with Crippen LogP contribution in [-0.2, 0) is 11.3 Å². The Morgan fingerprint density at radius 1 is 1.39 bits per heavy atom. The Morgan fingerprint density at radius 2 is 2.25 bits per heavy atom. The van der Waals surface area contributed by atoms with Crippen molar-refractivity contribution >= 4 is 47.5 Å². The number of aliphatic imine (C=N–C) groups is 1. The molecule has 8 heteroatoms. The lowest BCUT2D eigenvalue weighted by Gasteiger charge is -2.32. The van der Waals surface area contributed by atoms with Gasteiger partial charge in [0.2, 0.25) is 0 Å². The van der Waals surface area contributed by atoms with E-state index in [0.29, 0.717) is 12.6 Å². The number of hydrogen-bond donors (Lipinski definition) is 2. The summed E-state index contributed by atoms with van der Waals surface area (Å²) in [4.78, 5) is 11.7. The highest BCUT2D eigenvalue weighted by Crippen LogP contribution is 2.28. The van der Waals surface area contributed by atoms with Gasteiger partial charge in [0.1, 0.15) is 5.82 Å². The quantitative estimate of drug-likeness (QED) is 0.342. The number of morpholine rings is 1. The monoisotopic (exact) mass is 519 g/mol. The number of hydrogen-bond acceptors (Lipinski definition) is 5. The van der Waals surface area contributed by atoms with Gasteiger partial charge in [-0.1, -0.05) is 6.07 Å². The predicted octanol–water partition coefficient (Wildman–Crippen LogP) is 3.26. The fourth-order valence-electron chi connectivity index (χ4n) is 3.69. The maximum absolute atomic E-state index is 5.61. The van der Waals surface area contributed by atoms with Crippen LogP contribution in [0.25, 0.3) is 0 Å². The maximum Gasteiger partial charge on any atom is 0.191 e.